The smallest absolute Gasteiger partial charge is 0.316 e. The summed E-state index contributed by atoms with van der Waals surface area (Å²) in [6, 6.07) is 12.6. The van der Waals surface area contributed by atoms with E-state index < -0.39 is 11.9 Å². The average Bonchev–Trinajstić information content (AvgIpc) is 3.32. The van der Waals surface area contributed by atoms with E-state index in [0.717, 1.165) is 30.5 Å². The van der Waals surface area contributed by atoms with Crippen molar-refractivity contribution >= 4 is 35.1 Å². The molecular formula is C28H30N2O5. The molecule has 2 aromatic rings. The van der Waals surface area contributed by atoms with E-state index in [-0.39, 0.29) is 42.5 Å². The molecule has 0 N–H and O–H groups in total. The minimum atomic E-state index is -0.561. The molecule has 3 aliphatic rings. The first kappa shape index (κ1) is 23.3. The van der Waals surface area contributed by atoms with Crippen LogP contribution in [0.1, 0.15) is 43.7 Å². The van der Waals surface area contributed by atoms with Gasteiger partial charge in [0.25, 0.3) is 0 Å². The van der Waals surface area contributed by atoms with Crippen LogP contribution in [0, 0.1) is 37.5 Å². The summed E-state index contributed by atoms with van der Waals surface area (Å²) in [7, 11) is 0. The van der Waals surface area contributed by atoms with Gasteiger partial charge in [-0.1, -0.05) is 25.1 Å². The topological polar surface area (TPSA) is 84.0 Å². The number of hydrogen-bond donors (Lipinski definition) is 0. The van der Waals surface area contributed by atoms with Crippen molar-refractivity contribution in [1.82, 2.24) is 0 Å². The van der Waals surface area contributed by atoms with Crippen molar-refractivity contribution in [3.8, 4) is 5.75 Å². The summed E-state index contributed by atoms with van der Waals surface area (Å²) in [5, 5.41) is 0. The van der Waals surface area contributed by atoms with Crippen molar-refractivity contribution < 1.29 is 23.9 Å². The number of benzene rings is 2. The number of rotatable bonds is 4. The first-order chi connectivity index (χ1) is 16.7. The van der Waals surface area contributed by atoms with E-state index in [2.05, 4.69) is 6.92 Å². The number of esters is 1. The van der Waals surface area contributed by atoms with Gasteiger partial charge in [-0.3, -0.25) is 19.2 Å². The standard InChI is InChI=1S/C28H30N2O5/c1-16-8-10-21-22(12-16)27(33)30(26(21)32)24-11-9-20(13-18(24)3)35-28(34)19-14-25(31)29(15-19)23-7-5-4-6-17(23)2/h4-7,9,11,13,16,19,21-22H,8,10,12,14-15H2,1-3H3/t16-,19+,21+,22+/m0/s1. The van der Waals surface area contributed by atoms with Gasteiger partial charge in [-0.2, -0.15) is 0 Å². The van der Waals surface area contributed by atoms with E-state index >= 15 is 0 Å². The van der Waals surface area contributed by atoms with Gasteiger partial charge in [-0.15, -0.1) is 0 Å². The highest BCUT2D eigenvalue weighted by Gasteiger charge is 2.50. The predicted octanol–water partition coefficient (Wildman–Crippen LogP) is 4.19. The fraction of sp³-hybridized carbons (Fsp3) is 0.429. The summed E-state index contributed by atoms with van der Waals surface area (Å²) in [4.78, 5) is 54.5. The van der Waals surface area contributed by atoms with Crippen LogP contribution in [0.15, 0.2) is 42.5 Å². The number of carbonyl (C=O) groups is 4. The van der Waals surface area contributed by atoms with Gasteiger partial charge in [0.05, 0.1) is 23.4 Å². The van der Waals surface area contributed by atoms with Gasteiger partial charge >= 0.3 is 5.97 Å². The maximum atomic E-state index is 13.1. The van der Waals surface area contributed by atoms with Crippen LogP contribution in [-0.2, 0) is 19.2 Å². The van der Waals surface area contributed by atoms with Gasteiger partial charge < -0.3 is 9.64 Å². The van der Waals surface area contributed by atoms with Crippen molar-refractivity contribution in [3.63, 3.8) is 0 Å². The Morgan fingerprint density at radius 1 is 0.914 bits per heavy atom. The molecule has 0 unspecified atom stereocenters. The van der Waals surface area contributed by atoms with Crippen LogP contribution in [0.2, 0.25) is 0 Å². The molecule has 2 aromatic carbocycles. The number of ether oxygens (including phenoxy) is 1. The number of nitrogens with zero attached hydrogens (tertiary/aromatic N) is 2. The molecule has 0 aromatic heterocycles. The average molecular weight is 475 g/mol. The summed E-state index contributed by atoms with van der Waals surface area (Å²) < 4.78 is 5.62. The molecule has 4 atom stereocenters. The Kier molecular flexibility index (Phi) is 5.95. The van der Waals surface area contributed by atoms with E-state index in [1.54, 1.807) is 30.0 Å². The number of hydrogen-bond acceptors (Lipinski definition) is 5. The van der Waals surface area contributed by atoms with E-state index in [1.165, 1.54) is 4.90 Å². The van der Waals surface area contributed by atoms with Gasteiger partial charge in [0.1, 0.15) is 5.75 Å². The van der Waals surface area contributed by atoms with Gasteiger partial charge in [0, 0.05) is 18.7 Å². The zero-order valence-corrected chi connectivity index (χ0v) is 20.3. The molecule has 2 heterocycles. The lowest BCUT2D eigenvalue weighted by atomic mass is 9.76. The molecule has 0 spiro atoms. The second-order valence-corrected chi connectivity index (χ2v) is 10.2. The number of carbonyl (C=O) groups excluding carboxylic acids is 4. The normalized spacial score (nSPS) is 26.3. The lowest BCUT2D eigenvalue weighted by Crippen LogP contribution is -2.31. The third-order valence-electron chi connectivity index (χ3n) is 7.68. The SMILES string of the molecule is Cc1ccccc1N1C[C@H](C(=O)Oc2ccc(N3C(=O)[C@@H]4CC[C@H](C)C[C@H]4C3=O)c(C)c2)CC1=O. The Hall–Kier alpha value is -3.48. The Balaban J connectivity index is 1.29. The molecule has 0 radical (unpaired) electrons. The summed E-state index contributed by atoms with van der Waals surface area (Å²) in [5.41, 5.74) is 3.01. The maximum Gasteiger partial charge on any atom is 0.316 e. The van der Waals surface area contributed by atoms with Crippen molar-refractivity contribution in [3.05, 3.63) is 53.6 Å². The van der Waals surface area contributed by atoms with E-state index in [9.17, 15) is 19.2 Å². The number of imide groups is 1. The summed E-state index contributed by atoms with van der Waals surface area (Å²) in [5.74, 6) is -1.06. The van der Waals surface area contributed by atoms with Crippen LogP contribution in [0.25, 0.3) is 0 Å². The number of anilines is 2. The molecule has 0 bridgehead atoms. The van der Waals surface area contributed by atoms with Crippen LogP contribution in [-0.4, -0.2) is 30.2 Å². The fourth-order valence-electron chi connectivity index (χ4n) is 5.73. The van der Waals surface area contributed by atoms with Crippen molar-refractivity contribution in [2.45, 2.75) is 46.5 Å². The highest BCUT2D eigenvalue weighted by atomic mass is 16.5. The molecule has 2 aliphatic heterocycles. The number of amides is 3. The molecule has 3 fully saturated rings. The Bertz CT molecular complexity index is 1220. The molecule has 2 saturated heterocycles. The zero-order valence-electron chi connectivity index (χ0n) is 20.3. The highest BCUT2D eigenvalue weighted by Crippen LogP contribution is 2.43. The molecular weight excluding hydrogens is 444 g/mol. The van der Waals surface area contributed by atoms with Crippen LogP contribution >= 0.6 is 0 Å². The van der Waals surface area contributed by atoms with Crippen molar-refractivity contribution in [2.75, 3.05) is 16.3 Å². The molecule has 1 aliphatic carbocycles. The summed E-state index contributed by atoms with van der Waals surface area (Å²) >= 11 is 0. The van der Waals surface area contributed by atoms with Gasteiger partial charge in [0.15, 0.2) is 0 Å². The van der Waals surface area contributed by atoms with Gasteiger partial charge in [-0.05, 0) is 74.4 Å². The molecule has 3 amide bonds. The quantitative estimate of drug-likeness (QED) is 0.377. The van der Waals surface area contributed by atoms with E-state index in [0.29, 0.717) is 22.9 Å². The molecule has 7 nitrogen and oxygen atoms in total. The van der Waals surface area contributed by atoms with Crippen LogP contribution in [0.4, 0.5) is 11.4 Å². The second-order valence-electron chi connectivity index (χ2n) is 10.2. The Morgan fingerprint density at radius 3 is 2.40 bits per heavy atom. The monoisotopic (exact) mass is 474 g/mol. The first-order valence-corrected chi connectivity index (χ1v) is 12.3. The number of fused-ring (bicyclic) bond motifs is 1. The van der Waals surface area contributed by atoms with Crippen LogP contribution < -0.4 is 14.5 Å². The van der Waals surface area contributed by atoms with E-state index in [4.69, 9.17) is 4.74 Å². The van der Waals surface area contributed by atoms with Crippen LogP contribution in [0.5, 0.6) is 5.75 Å². The second kappa shape index (κ2) is 8.95. The lowest BCUT2D eigenvalue weighted by molar-refractivity contribution is -0.139. The molecule has 182 valence electrons. The number of aryl methyl sites for hydroxylation is 2. The summed E-state index contributed by atoms with van der Waals surface area (Å²) in [6.07, 6.45) is 2.57. The minimum absolute atomic E-state index is 0.0994. The van der Waals surface area contributed by atoms with Gasteiger partial charge in [0.2, 0.25) is 17.7 Å². The van der Waals surface area contributed by atoms with Crippen molar-refractivity contribution in [2.24, 2.45) is 23.7 Å². The molecule has 1 saturated carbocycles. The van der Waals surface area contributed by atoms with Gasteiger partial charge in [-0.25, -0.2) is 4.90 Å². The third kappa shape index (κ3) is 4.13. The zero-order chi connectivity index (χ0) is 24.9. The Morgan fingerprint density at radius 2 is 1.66 bits per heavy atom. The first-order valence-electron chi connectivity index (χ1n) is 12.3. The van der Waals surface area contributed by atoms with E-state index in [1.807, 2.05) is 31.2 Å². The maximum absolute atomic E-state index is 13.1. The van der Waals surface area contributed by atoms with Crippen molar-refractivity contribution in [1.29, 1.82) is 0 Å². The summed E-state index contributed by atoms with van der Waals surface area (Å²) in [6.45, 7) is 6.14. The largest absolute Gasteiger partial charge is 0.426 e. The minimum Gasteiger partial charge on any atom is -0.426 e. The predicted molar refractivity (Wildman–Crippen MR) is 131 cm³/mol. The van der Waals surface area contributed by atoms with Crippen LogP contribution in [0.3, 0.4) is 0 Å². The third-order valence-corrected chi connectivity index (χ3v) is 7.68. The Labute approximate surface area is 205 Å². The molecule has 35 heavy (non-hydrogen) atoms. The molecule has 7 heteroatoms. The lowest BCUT2D eigenvalue weighted by Gasteiger charge is -2.25. The number of para-hydroxylation sites is 1. The highest BCUT2D eigenvalue weighted by molar-refractivity contribution is 6.22. The fourth-order valence-corrected chi connectivity index (χ4v) is 5.73. The molecule has 5 rings (SSSR count).